The van der Waals surface area contributed by atoms with Crippen molar-refractivity contribution < 1.29 is 23.8 Å². The van der Waals surface area contributed by atoms with Crippen LogP contribution in [0.25, 0.3) is 0 Å². The van der Waals surface area contributed by atoms with Crippen LogP contribution < -0.4 is 0 Å². The van der Waals surface area contributed by atoms with Crippen molar-refractivity contribution in [3.05, 3.63) is 71.8 Å². The first-order valence-electron chi connectivity index (χ1n) is 9.63. The van der Waals surface area contributed by atoms with E-state index in [1.807, 2.05) is 60.7 Å². The van der Waals surface area contributed by atoms with Crippen LogP contribution in [0.5, 0.6) is 0 Å². The third-order valence-corrected chi connectivity index (χ3v) is 4.99. The van der Waals surface area contributed by atoms with E-state index in [1.54, 1.807) is 0 Å². The summed E-state index contributed by atoms with van der Waals surface area (Å²) in [6.45, 7) is 0.0340. The maximum Gasteiger partial charge on any atom is 0.410 e. The van der Waals surface area contributed by atoms with Crippen molar-refractivity contribution in [3.63, 3.8) is 0 Å². The number of benzene rings is 2. The molecule has 0 aromatic heterocycles. The lowest BCUT2D eigenvalue weighted by Gasteiger charge is -2.27. The Morgan fingerprint density at radius 2 is 1.55 bits per heavy atom. The van der Waals surface area contributed by atoms with Gasteiger partial charge in [-0.15, -0.1) is 0 Å². The van der Waals surface area contributed by atoms with E-state index in [0.717, 1.165) is 11.1 Å². The van der Waals surface area contributed by atoms with Crippen LogP contribution in [0.1, 0.15) is 11.1 Å². The van der Waals surface area contributed by atoms with E-state index in [0.29, 0.717) is 6.61 Å². The minimum absolute atomic E-state index is 0.0863. The van der Waals surface area contributed by atoms with Gasteiger partial charge < -0.3 is 14.2 Å². The fourth-order valence-electron chi connectivity index (χ4n) is 3.19. The zero-order valence-electron chi connectivity index (χ0n) is 16.6. The average Bonchev–Trinajstić information content (AvgIpc) is 3.07. The van der Waals surface area contributed by atoms with Crippen molar-refractivity contribution in [2.24, 2.45) is 0 Å². The van der Waals surface area contributed by atoms with Crippen molar-refractivity contribution in [3.8, 4) is 0 Å². The summed E-state index contributed by atoms with van der Waals surface area (Å²) >= 11 is 17.0. The molecular formula is C22H22Cl3NO5. The number of alkyl halides is 3. The van der Waals surface area contributed by atoms with Crippen molar-refractivity contribution in [1.82, 2.24) is 4.90 Å². The molecule has 1 fully saturated rings. The summed E-state index contributed by atoms with van der Waals surface area (Å²) in [6.07, 6.45) is -1.62. The van der Waals surface area contributed by atoms with E-state index in [9.17, 15) is 9.59 Å². The summed E-state index contributed by atoms with van der Waals surface area (Å²) in [7, 11) is 0. The largest absolute Gasteiger partial charge is 0.445 e. The molecule has 0 radical (unpaired) electrons. The van der Waals surface area contributed by atoms with Gasteiger partial charge in [-0.2, -0.15) is 0 Å². The molecule has 2 aromatic carbocycles. The van der Waals surface area contributed by atoms with Gasteiger partial charge in [-0.25, -0.2) is 4.79 Å². The Morgan fingerprint density at radius 3 is 2.13 bits per heavy atom. The third kappa shape index (κ3) is 7.37. The number of halogens is 3. The lowest BCUT2D eigenvalue weighted by atomic mass is 10.1. The Hall–Kier alpha value is -1.83. The van der Waals surface area contributed by atoms with Gasteiger partial charge in [-0.1, -0.05) is 95.5 Å². The number of amides is 1. The summed E-state index contributed by atoms with van der Waals surface area (Å²) in [5.74, 6) is -0.241. The van der Waals surface area contributed by atoms with Crippen LogP contribution >= 0.6 is 34.8 Å². The second-order valence-corrected chi connectivity index (χ2v) is 9.57. The number of rotatable bonds is 8. The van der Waals surface area contributed by atoms with Crippen molar-refractivity contribution in [2.45, 2.75) is 29.2 Å². The van der Waals surface area contributed by atoms with Gasteiger partial charge in [0.2, 0.25) is 3.79 Å². The molecule has 0 spiro atoms. The highest BCUT2D eigenvalue weighted by atomic mass is 35.6. The Kier molecular flexibility index (Phi) is 8.58. The zero-order chi connectivity index (χ0) is 22.3. The molecule has 31 heavy (non-hydrogen) atoms. The molecule has 0 N–H and O–H groups in total. The Morgan fingerprint density at radius 1 is 0.968 bits per heavy atom. The van der Waals surface area contributed by atoms with Gasteiger partial charge in [0.05, 0.1) is 32.4 Å². The highest BCUT2D eigenvalue weighted by Crippen LogP contribution is 2.27. The number of hydrogen-bond donors (Lipinski definition) is 0. The minimum Gasteiger partial charge on any atom is -0.445 e. The van der Waals surface area contributed by atoms with Crippen molar-refractivity contribution in [2.75, 3.05) is 19.8 Å². The van der Waals surface area contributed by atoms with Gasteiger partial charge >= 0.3 is 6.09 Å². The molecule has 1 heterocycles. The number of carbonyl (C=O) groups excluding carboxylic acids is 2. The number of hydrogen-bond acceptors (Lipinski definition) is 5. The molecule has 166 valence electrons. The molecule has 9 heteroatoms. The normalized spacial score (nSPS) is 18.9. The lowest BCUT2D eigenvalue weighted by molar-refractivity contribution is -0.128. The molecule has 1 amide bonds. The first-order valence-corrected chi connectivity index (χ1v) is 10.8. The lowest BCUT2D eigenvalue weighted by Crippen LogP contribution is -2.44. The van der Waals surface area contributed by atoms with Crippen LogP contribution in [0.3, 0.4) is 0 Å². The molecule has 1 saturated heterocycles. The Bertz CT molecular complexity index is 860. The number of likely N-dealkylation sites (tertiary alicyclic amines) is 1. The van der Waals surface area contributed by atoms with Gasteiger partial charge in [0, 0.05) is 0 Å². The van der Waals surface area contributed by atoms with Crippen LogP contribution in [-0.4, -0.2) is 52.5 Å². The average molecular weight is 487 g/mol. The van der Waals surface area contributed by atoms with Gasteiger partial charge in [-0.3, -0.25) is 9.69 Å². The highest BCUT2D eigenvalue weighted by molar-refractivity contribution is 6.67. The molecule has 1 aliphatic heterocycles. The predicted octanol–water partition coefficient (Wildman–Crippen LogP) is 4.55. The Balaban J connectivity index is 1.67. The molecule has 3 rings (SSSR count). The predicted molar refractivity (Wildman–Crippen MR) is 118 cm³/mol. The molecule has 2 unspecified atom stereocenters. The van der Waals surface area contributed by atoms with Crippen LogP contribution in [0, 0.1) is 0 Å². The quantitative estimate of drug-likeness (QED) is 0.512. The van der Waals surface area contributed by atoms with E-state index in [2.05, 4.69) is 0 Å². The summed E-state index contributed by atoms with van der Waals surface area (Å²) in [4.78, 5) is 26.5. The van der Waals surface area contributed by atoms with Crippen LogP contribution in [0.4, 0.5) is 4.79 Å². The number of ether oxygens (including phenoxy) is 3. The van der Waals surface area contributed by atoms with E-state index < -0.39 is 28.6 Å². The van der Waals surface area contributed by atoms with E-state index in [4.69, 9.17) is 49.0 Å². The maximum atomic E-state index is 12.6. The summed E-state index contributed by atoms with van der Waals surface area (Å²) < 4.78 is 15.0. The first-order chi connectivity index (χ1) is 14.8. The van der Waals surface area contributed by atoms with Crippen molar-refractivity contribution in [1.29, 1.82) is 0 Å². The van der Waals surface area contributed by atoms with E-state index >= 15 is 0 Å². The standard InChI is InChI=1S/C22H22Cl3NO5/c23-22(24,25)15-31-21(28)26-11-19(27)20(30-13-17-9-5-2-6-10-17)18(26)14-29-12-16-7-3-1-4-8-16/h1-10,18,20H,11-15H2. The van der Waals surface area contributed by atoms with Crippen molar-refractivity contribution >= 4 is 46.7 Å². The second-order valence-electron chi connectivity index (χ2n) is 7.05. The number of ketones is 1. The van der Waals surface area contributed by atoms with Crippen LogP contribution in [0.15, 0.2) is 60.7 Å². The van der Waals surface area contributed by atoms with Crippen LogP contribution in [-0.2, 0) is 32.2 Å². The minimum atomic E-state index is -1.75. The van der Waals surface area contributed by atoms with Gasteiger partial charge in [0.25, 0.3) is 0 Å². The van der Waals surface area contributed by atoms with Gasteiger partial charge in [0.15, 0.2) is 5.78 Å². The first kappa shape index (κ1) is 23.8. The van der Waals surface area contributed by atoms with E-state index in [1.165, 1.54) is 4.90 Å². The molecule has 0 saturated carbocycles. The molecule has 1 aliphatic rings. The molecule has 6 nitrogen and oxygen atoms in total. The second kappa shape index (κ2) is 11.2. The fraction of sp³-hybridized carbons (Fsp3) is 0.364. The van der Waals surface area contributed by atoms with E-state index in [-0.39, 0.29) is 25.5 Å². The third-order valence-electron chi connectivity index (χ3n) is 4.66. The van der Waals surface area contributed by atoms with Crippen LogP contribution in [0.2, 0.25) is 0 Å². The van der Waals surface area contributed by atoms with Gasteiger partial charge in [-0.05, 0) is 11.1 Å². The zero-order valence-corrected chi connectivity index (χ0v) is 18.9. The smallest absolute Gasteiger partial charge is 0.410 e. The maximum absolute atomic E-state index is 12.6. The highest BCUT2D eigenvalue weighted by Gasteiger charge is 2.45. The number of carbonyl (C=O) groups is 2. The number of nitrogens with zero attached hydrogens (tertiary/aromatic N) is 1. The molecule has 0 bridgehead atoms. The summed E-state index contributed by atoms with van der Waals surface area (Å²) in [6, 6.07) is 18.4. The SMILES string of the molecule is O=C1CN(C(=O)OCC(Cl)(Cl)Cl)C(COCc2ccccc2)C1OCc1ccccc1. The topological polar surface area (TPSA) is 65.1 Å². The number of Topliss-reactive ketones (excluding diaryl/α,β-unsaturated/α-hetero) is 1. The summed E-state index contributed by atoms with van der Waals surface area (Å²) in [5, 5.41) is 0. The van der Waals surface area contributed by atoms with Gasteiger partial charge in [0.1, 0.15) is 12.7 Å². The Labute approximate surface area is 195 Å². The monoisotopic (exact) mass is 485 g/mol. The summed E-state index contributed by atoms with van der Waals surface area (Å²) in [5.41, 5.74) is 1.88. The molecule has 0 aliphatic carbocycles. The molecule has 2 aromatic rings. The fourth-order valence-corrected chi connectivity index (χ4v) is 3.36. The molecule has 2 atom stereocenters. The molecular weight excluding hydrogens is 465 g/mol.